The molecule has 28 heavy (non-hydrogen) atoms. The van der Waals surface area contributed by atoms with E-state index in [-0.39, 0.29) is 37.8 Å². The third kappa shape index (κ3) is 5.87. The van der Waals surface area contributed by atoms with Crippen molar-refractivity contribution in [1.82, 2.24) is 4.90 Å². The van der Waals surface area contributed by atoms with Gasteiger partial charge in [-0.05, 0) is 57.9 Å². The minimum absolute atomic E-state index is 0.0230. The summed E-state index contributed by atoms with van der Waals surface area (Å²) in [7, 11) is 0. The van der Waals surface area contributed by atoms with E-state index in [2.05, 4.69) is 0 Å². The number of benzene rings is 1. The zero-order valence-electron chi connectivity index (χ0n) is 16.9. The van der Waals surface area contributed by atoms with Gasteiger partial charge in [-0.25, -0.2) is 4.79 Å². The third-order valence-electron chi connectivity index (χ3n) is 4.13. The SMILES string of the molecule is CCOC(=O)CCN(CC(=O)N1CCc2cc(O)ccc21)C(=O)OC(C)(C)C. The number of anilines is 1. The van der Waals surface area contributed by atoms with E-state index in [1.807, 2.05) is 0 Å². The first-order valence-corrected chi connectivity index (χ1v) is 9.36. The molecule has 8 heteroatoms. The number of fused-ring (bicyclic) bond motifs is 1. The number of ether oxygens (including phenoxy) is 2. The molecule has 154 valence electrons. The van der Waals surface area contributed by atoms with Gasteiger partial charge in [-0.2, -0.15) is 0 Å². The number of rotatable bonds is 6. The molecule has 0 saturated heterocycles. The average Bonchev–Trinajstić information content (AvgIpc) is 3.00. The van der Waals surface area contributed by atoms with E-state index < -0.39 is 17.7 Å². The van der Waals surface area contributed by atoms with Crippen molar-refractivity contribution in [3.05, 3.63) is 23.8 Å². The quantitative estimate of drug-likeness (QED) is 0.747. The molecule has 0 unspecified atom stereocenters. The molecule has 1 heterocycles. The first-order valence-electron chi connectivity index (χ1n) is 9.36. The first kappa shape index (κ1) is 21.5. The molecular weight excluding hydrogens is 364 g/mol. The molecule has 8 nitrogen and oxygen atoms in total. The van der Waals surface area contributed by atoms with Crippen LogP contribution in [0, 0.1) is 0 Å². The molecule has 0 radical (unpaired) electrons. The molecule has 1 aliphatic rings. The summed E-state index contributed by atoms with van der Waals surface area (Å²) < 4.78 is 10.3. The van der Waals surface area contributed by atoms with E-state index in [0.717, 1.165) is 11.3 Å². The molecule has 1 aliphatic heterocycles. The number of carbonyl (C=O) groups excluding carboxylic acids is 3. The van der Waals surface area contributed by atoms with E-state index in [1.54, 1.807) is 44.7 Å². The molecule has 1 N–H and O–H groups in total. The van der Waals surface area contributed by atoms with Gasteiger partial charge >= 0.3 is 12.1 Å². The smallest absolute Gasteiger partial charge is 0.410 e. The van der Waals surface area contributed by atoms with Gasteiger partial charge in [-0.1, -0.05) is 0 Å². The second-order valence-electron chi connectivity index (χ2n) is 7.57. The van der Waals surface area contributed by atoms with Crippen LogP contribution in [0.4, 0.5) is 10.5 Å². The van der Waals surface area contributed by atoms with Gasteiger partial charge in [0.05, 0.1) is 13.0 Å². The molecule has 1 aromatic carbocycles. The summed E-state index contributed by atoms with van der Waals surface area (Å²) in [5.41, 5.74) is 0.876. The number of phenols is 1. The Morgan fingerprint density at radius 3 is 2.61 bits per heavy atom. The number of carbonyl (C=O) groups is 3. The first-order chi connectivity index (χ1) is 13.1. The van der Waals surface area contributed by atoms with Gasteiger partial charge in [0.25, 0.3) is 0 Å². The van der Waals surface area contributed by atoms with Crippen LogP contribution in [0.25, 0.3) is 0 Å². The van der Waals surface area contributed by atoms with E-state index in [1.165, 1.54) is 11.0 Å². The fraction of sp³-hybridized carbons (Fsp3) is 0.550. The average molecular weight is 392 g/mol. The molecule has 0 atom stereocenters. The Bertz CT molecular complexity index is 741. The topological polar surface area (TPSA) is 96.4 Å². The van der Waals surface area contributed by atoms with Crippen LogP contribution >= 0.6 is 0 Å². The summed E-state index contributed by atoms with van der Waals surface area (Å²) >= 11 is 0. The zero-order chi connectivity index (χ0) is 20.9. The van der Waals surface area contributed by atoms with Gasteiger partial charge in [0.15, 0.2) is 0 Å². The third-order valence-corrected chi connectivity index (χ3v) is 4.13. The molecule has 0 bridgehead atoms. The normalized spacial score (nSPS) is 13.1. The van der Waals surface area contributed by atoms with Crippen molar-refractivity contribution in [3.8, 4) is 5.75 Å². The molecular formula is C20H28N2O6. The lowest BCUT2D eigenvalue weighted by Gasteiger charge is -2.28. The van der Waals surface area contributed by atoms with E-state index >= 15 is 0 Å². The van der Waals surface area contributed by atoms with Gasteiger partial charge in [0.1, 0.15) is 17.9 Å². The Balaban J connectivity index is 2.09. The standard InChI is InChI=1S/C20H28N2O6/c1-5-27-18(25)9-10-21(19(26)28-20(2,3)4)13-17(24)22-11-8-14-12-15(23)6-7-16(14)22/h6-7,12,23H,5,8-11,13H2,1-4H3. The van der Waals surface area contributed by atoms with Gasteiger partial charge < -0.3 is 19.5 Å². The molecule has 2 amide bonds. The maximum absolute atomic E-state index is 12.8. The van der Waals surface area contributed by atoms with E-state index in [0.29, 0.717) is 13.0 Å². The van der Waals surface area contributed by atoms with Crippen molar-refractivity contribution in [1.29, 1.82) is 0 Å². The largest absolute Gasteiger partial charge is 0.508 e. The molecule has 0 aromatic heterocycles. The van der Waals surface area contributed by atoms with Crippen molar-refractivity contribution >= 4 is 23.7 Å². The Labute approximate surface area is 165 Å². The molecule has 2 rings (SSSR count). The van der Waals surface area contributed by atoms with Gasteiger partial charge in [0.2, 0.25) is 5.91 Å². The maximum atomic E-state index is 12.8. The lowest BCUT2D eigenvalue weighted by Crippen LogP contribution is -2.45. The predicted molar refractivity (Wildman–Crippen MR) is 103 cm³/mol. The highest BCUT2D eigenvalue weighted by Crippen LogP contribution is 2.31. The lowest BCUT2D eigenvalue weighted by atomic mass is 10.1. The van der Waals surface area contributed by atoms with Crippen LogP contribution in [0.1, 0.15) is 39.7 Å². The fourth-order valence-electron chi connectivity index (χ4n) is 2.92. The highest BCUT2D eigenvalue weighted by molar-refractivity contribution is 5.98. The van der Waals surface area contributed by atoms with Crippen LogP contribution in [0.5, 0.6) is 5.75 Å². The predicted octanol–water partition coefficient (Wildman–Crippen LogP) is 2.47. The number of hydrogen-bond donors (Lipinski definition) is 1. The second kappa shape index (κ2) is 8.95. The summed E-state index contributed by atoms with van der Waals surface area (Å²) in [6.07, 6.45) is -0.0504. The van der Waals surface area contributed by atoms with Crippen LogP contribution < -0.4 is 4.90 Å². The van der Waals surface area contributed by atoms with Crippen LogP contribution in [0.3, 0.4) is 0 Å². The van der Waals surface area contributed by atoms with E-state index in [9.17, 15) is 19.5 Å². The zero-order valence-corrected chi connectivity index (χ0v) is 16.9. The van der Waals surface area contributed by atoms with Crippen molar-refractivity contribution in [2.24, 2.45) is 0 Å². The minimum atomic E-state index is -0.722. The van der Waals surface area contributed by atoms with Crippen molar-refractivity contribution in [2.75, 3.05) is 31.1 Å². The van der Waals surface area contributed by atoms with Crippen LogP contribution in [-0.4, -0.2) is 59.8 Å². The van der Waals surface area contributed by atoms with Crippen LogP contribution in [-0.2, 0) is 25.5 Å². The molecule has 0 spiro atoms. The Morgan fingerprint density at radius 2 is 1.96 bits per heavy atom. The lowest BCUT2D eigenvalue weighted by molar-refractivity contribution is -0.143. The van der Waals surface area contributed by atoms with Crippen molar-refractivity contribution in [2.45, 2.75) is 46.1 Å². The summed E-state index contributed by atoms with van der Waals surface area (Å²) in [5, 5.41) is 9.60. The Hall–Kier alpha value is -2.77. The van der Waals surface area contributed by atoms with Crippen molar-refractivity contribution < 1.29 is 29.0 Å². The number of esters is 1. The monoisotopic (exact) mass is 392 g/mol. The number of phenolic OH excluding ortho intramolecular Hbond substituents is 1. The Morgan fingerprint density at radius 1 is 1.25 bits per heavy atom. The second-order valence-corrected chi connectivity index (χ2v) is 7.57. The summed E-state index contributed by atoms with van der Waals surface area (Å²) in [4.78, 5) is 39.8. The Kier molecular flexibility index (Phi) is 6.88. The number of amides is 2. The highest BCUT2D eigenvalue weighted by Gasteiger charge is 2.30. The number of nitrogens with zero attached hydrogens (tertiary/aromatic N) is 2. The molecule has 0 aliphatic carbocycles. The molecule has 0 saturated carbocycles. The van der Waals surface area contributed by atoms with Crippen molar-refractivity contribution in [3.63, 3.8) is 0 Å². The molecule has 1 aromatic rings. The van der Waals surface area contributed by atoms with Crippen LogP contribution in [0.2, 0.25) is 0 Å². The summed E-state index contributed by atoms with van der Waals surface area (Å²) in [5.74, 6) is -0.567. The minimum Gasteiger partial charge on any atom is -0.508 e. The fourth-order valence-corrected chi connectivity index (χ4v) is 2.92. The number of hydrogen-bond acceptors (Lipinski definition) is 6. The number of aromatic hydroxyl groups is 1. The van der Waals surface area contributed by atoms with Gasteiger partial charge in [-0.15, -0.1) is 0 Å². The summed E-state index contributed by atoms with van der Waals surface area (Å²) in [6.45, 7) is 7.44. The molecule has 0 fully saturated rings. The highest BCUT2D eigenvalue weighted by atomic mass is 16.6. The summed E-state index contributed by atoms with van der Waals surface area (Å²) in [6, 6.07) is 4.85. The van der Waals surface area contributed by atoms with Gasteiger partial charge in [0, 0.05) is 18.8 Å². The van der Waals surface area contributed by atoms with Gasteiger partial charge in [-0.3, -0.25) is 14.5 Å². The van der Waals surface area contributed by atoms with E-state index in [4.69, 9.17) is 9.47 Å². The maximum Gasteiger partial charge on any atom is 0.410 e. The van der Waals surface area contributed by atoms with Crippen LogP contribution in [0.15, 0.2) is 18.2 Å².